The molecule has 0 aliphatic carbocycles. The first kappa shape index (κ1) is 23.7. The zero-order chi connectivity index (χ0) is 25.8. The van der Waals surface area contributed by atoms with Gasteiger partial charge >= 0.3 is 11.9 Å². The quantitative estimate of drug-likeness (QED) is 0.403. The van der Waals surface area contributed by atoms with Crippen molar-refractivity contribution in [2.24, 2.45) is 0 Å². The van der Waals surface area contributed by atoms with Gasteiger partial charge in [-0.2, -0.15) is 0 Å². The highest BCUT2D eigenvalue weighted by atomic mass is 16.6. The van der Waals surface area contributed by atoms with Crippen LogP contribution in [0.2, 0.25) is 0 Å². The monoisotopic (exact) mass is 491 g/mol. The standard InChI is InChI=1S/C26H25N3O7/c1-4-26(34)17-10-19-21-15(11-29(19)23(31)16(17)12-36-25(26)33)20(14-8-6-7-9-18(14)28-21)22(30)27-13(3)24(32)35-5-2/h6-10,13,34H,4-5,11-12H2,1-3H3,(H,27,30)/t13?,26-/m0/s1. The Hall–Kier alpha value is -4.05. The molecule has 5 rings (SSSR count). The summed E-state index contributed by atoms with van der Waals surface area (Å²) >= 11 is 0. The summed E-state index contributed by atoms with van der Waals surface area (Å²) in [7, 11) is 0. The molecule has 0 fully saturated rings. The lowest BCUT2D eigenvalue weighted by atomic mass is 9.86. The van der Waals surface area contributed by atoms with Gasteiger partial charge in [-0.3, -0.25) is 9.59 Å². The third-order valence-electron chi connectivity index (χ3n) is 6.81. The Balaban J connectivity index is 1.70. The van der Waals surface area contributed by atoms with Crippen molar-refractivity contribution in [1.82, 2.24) is 14.9 Å². The lowest BCUT2D eigenvalue weighted by Crippen LogP contribution is -2.44. The Bertz CT molecular complexity index is 1510. The van der Waals surface area contributed by atoms with Crippen molar-refractivity contribution in [1.29, 1.82) is 0 Å². The average molecular weight is 492 g/mol. The second-order valence-electron chi connectivity index (χ2n) is 8.88. The summed E-state index contributed by atoms with van der Waals surface area (Å²) in [5.41, 5.74) is 0.152. The average Bonchev–Trinajstić information content (AvgIpc) is 3.23. The molecule has 2 atom stereocenters. The maximum atomic E-state index is 13.5. The number of amides is 1. The summed E-state index contributed by atoms with van der Waals surface area (Å²) in [4.78, 5) is 56.2. The van der Waals surface area contributed by atoms with Gasteiger partial charge in [-0.1, -0.05) is 25.1 Å². The van der Waals surface area contributed by atoms with Crippen molar-refractivity contribution in [3.8, 4) is 11.4 Å². The molecule has 10 nitrogen and oxygen atoms in total. The van der Waals surface area contributed by atoms with Gasteiger partial charge < -0.3 is 24.5 Å². The number of benzene rings is 1. The molecule has 186 valence electrons. The number of para-hydroxylation sites is 1. The Labute approximate surface area is 205 Å². The molecule has 0 saturated carbocycles. The normalized spacial score (nSPS) is 18.6. The highest BCUT2D eigenvalue weighted by molar-refractivity contribution is 6.10. The number of nitrogens with one attached hydrogen (secondary N) is 1. The molecule has 1 unspecified atom stereocenters. The molecule has 0 bridgehead atoms. The first-order valence-corrected chi connectivity index (χ1v) is 11.8. The maximum absolute atomic E-state index is 13.5. The van der Waals surface area contributed by atoms with Crippen molar-refractivity contribution in [2.45, 2.75) is 52.0 Å². The lowest BCUT2D eigenvalue weighted by Gasteiger charge is -2.31. The van der Waals surface area contributed by atoms with Crippen LogP contribution in [0.1, 0.15) is 54.2 Å². The molecule has 0 saturated heterocycles. The topological polar surface area (TPSA) is 137 Å². The molecule has 36 heavy (non-hydrogen) atoms. The van der Waals surface area contributed by atoms with E-state index in [9.17, 15) is 24.3 Å². The van der Waals surface area contributed by atoms with Crippen LogP contribution in [-0.2, 0) is 37.8 Å². The molecule has 0 spiro atoms. The Morgan fingerprint density at radius 3 is 2.72 bits per heavy atom. The van der Waals surface area contributed by atoms with E-state index in [-0.39, 0.29) is 37.3 Å². The fraction of sp³-hybridized carbons (Fsp3) is 0.346. The number of rotatable bonds is 5. The van der Waals surface area contributed by atoms with Crippen LogP contribution in [0.25, 0.3) is 22.3 Å². The van der Waals surface area contributed by atoms with E-state index < -0.39 is 35.0 Å². The van der Waals surface area contributed by atoms with Crippen molar-refractivity contribution in [3.63, 3.8) is 0 Å². The zero-order valence-corrected chi connectivity index (χ0v) is 20.1. The number of hydrogen-bond donors (Lipinski definition) is 2. The van der Waals surface area contributed by atoms with Crippen molar-refractivity contribution in [2.75, 3.05) is 6.61 Å². The fourth-order valence-corrected chi connectivity index (χ4v) is 4.88. The van der Waals surface area contributed by atoms with Crippen LogP contribution in [0.5, 0.6) is 0 Å². The van der Waals surface area contributed by atoms with Crippen LogP contribution in [0.4, 0.5) is 0 Å². The van der Waals surface area contributed by atoms with Gasteiger partial charge in [0, 0.05) is 16.5 Å². The largest absolute Gasteiger partial charge is 0.464 e. The van der Waals surface area contributed by atoms with Crippen molar-refractivity contribution < 1.29 is 29.0 Å². The Kier molecular flexibility index (Phi) is 5.63. The second kappa shape index (κ2) is 8.56. The molecular weight excluding hydrogens is 466 g/mol. The van der Waals surface area contributed by atoms with E-state index in [2.05, 4.69) is 5.32 Å². The number of nitrogens with zero attached hydrogens (tertiary/aromatic N) is 2. The van der Waals surface area contributed by atoms with Gasteiger partial charge in [-0.15, -0.1) is 0 Å². The molecule has 2 aliphatic heterocycles. The van der Waals surface area contributed by atoms with E-state index in [0.717, 1.165) is 0 Å². The number of aliphatic hydroxyl groups is 1. The van der Waals surface area contributed by atoms with Crippen LogP contribution >= 0.6 is 0 Å². The van der Waals surface area contributed by atoms with Crippen LogP contribution in [0.3, 0.4) is 0 Å². The van der Waals surface area contributed by atoms with Crippen LogP contribution in [-0.4, -0.2) is 45.2 Å². The number of pyridine rings is 2. The summed E-state index contributed by atoms with van der Waals surface area (Å²) < 4.78 is 11.6. The first-order chi connectivity index (χ1) is 17.2. The van der Waals surface area contributed by atoms with Gasteiger partial charge in [0.05, 0.1) is 41.2 Å². The molecule has 2 aromatic heterocycles. The summed E-state index contributed by atoms with van der Waals surface area (Å²) in [6.07, 6.45) is 0.0269. The fourth-order valence-electron chi connectivity index (χ4n) is 4.88. The Morgan fingerprint density at radius 2 is 2.00 bits per heavy atom. The zero-order valence-electron chi connectivity index (χ0n) is 20.1. The van der Waals surface area contributed by atoms with Gasteiger partial charge in [0.2, 0.25) is 0 Å². The van der Waals surface area contributed by atoms with Crippen LogP contribution in [0.15, 0.2) is 35.1 Å². The van der Waals surface area contributed by atoms with Crippen molar-refractivity contribution in [3.05, 3.63) is 62.9 Å². The SMILES string of the molecule is CCOC(=O)C(C)NC(=O)c1c2c(nc3ccccc13)-c1cc3c(c(=O)n1C2)COC(=O)[C@]3(O)CC. The van der Waals surface area contributed by atoms with Gasteiger partial charge in [-0.05, 0) is 32.4 Å². The summed E-state index contributed by atoms with van der Waals surface area (Å²) in [5.74, 6) is -1.87. The second-order valence-corrected chi connectivity index (χ2v) is 8.88. The van der Waals surface area contributed by atoms with Gasteiger partial charge in [0.15, 0.2) is 5.60 Å². The number of esters is 2. The third kappa shape index (κ3) is 3.40. The van der Waals surface area contributed by atoms with E-state index in [4.69, 9.17) is 14.5 Å². The summed E-state index contributed by atoms with van der Waals surface area (Å²) in [6, 6.07) is 7.77. The summed E-state index contributed by atoms with van der Waals surface area (Å²) in [5, 5.41) is 14.3. The van der Waals surface area contributed by atoms with Crippen molar-refractivity contribution >= 4 is 28.7 Å². The molecule has 2 N–H and O–H groups in total. The van der Waals surface area contributed by atoms with Gasteiger partial charge in [0.25, 0.3) is 11.5 Å². The van der Waals surface area contributed by atoms with E-state index in [0.29, 0.717) is 33.4 Å². The Morgan fingerprint density at radius 1 is 1.25 bits per heavy atom. The van der Waals surface area contributed by atoms with E-state index in [1.807, 2.05) is 0 Å². The van der Waals surface area contributed by atoms with Gasteiger partial charge in [0.1, 0.15) is 12.6 Å². The predicted molar refractivity (Wildman–Crippen MR) is 128 cm³/mol. The molecule has 1 amide bonds. The molecule has 4 heterocycles. The number of carbonyl (C=O) groups is 3. The molecule has 3 aromatic rings. The van der Waals surface area contributed by atoms with Gasteiger partial charge in [-0.25, -0.2) is 14.6 Å². The predicted octanol–water partition coefficient (Wildman–Crippen LogP) is 1.76. The highest BCUT2D eigenvalue weighted by Crippen LogP contribution is 2.40. The minimum Gasteiger partial charge on any atom is -0.464 e. The minimum atomic E-state index is -1.95. The van der Waals surface area contributed by atoms with E-state index in [1.165, 1.54) is 11.5 Å². The molecule has 2 aliphatic rings. The van der Waals surface area contributed by atoms with Crippen LogP contribution in [0, 0.1) is 0 Å². The number of ether oxygens (including phenoxy) is 2. The third-order valence-corrected chi connectivity index (χ3v) is 6.81. The van der Waals surface area contributed by atoms with Crippen LogP contribution < -0.4 is 10.9 Å². The molecule has 1 aromatic carbocycles. The lowest BCUT2D eigenvalue weighted by molar-refractivity contribution is -0.172. The molecule has 10 heteroatoms. The smallest absolute Gasteiger partial charge is 0.343 e. The highest BCUT2D eigenvalue weighted by Gasteiger charge is 2.45. The molecular formula is C26H25N3O7. The number of cyclic esters (lactones) is 1. The number of hydrogen-bond acceptors (Lipinski definition) is 8. The first-order valence-electron chi connectivity index (χ1n) is 11.8. The minimum absolute atomic E-state index is 0.0269. The van der Waals surface area contributed by atoms with E-state index in [1.54, 1.807) is 44.2 Å². The number of carbonyl (C=O) groups excluding carboxylic acids is 3. The number of aromatic nitrogens is 2. The number of fused-ring (bicyclic) bond motifs is 5. The molecule has 0 radical (unpaired) electrons. The summed E-state index contributed by atoms with van der Waals surface area (Å²) in [6.45, 7) is 4.85. The van der Waals surface area contributed by atoms with E-state index >= 15 is 0 Å². The maximum Gasteiger partial charge on any atom is 0.343 e.